The van der Waals surface area contributed by atoms with Crippen molar-refractivity contribution in [3.63, 3.8) is 0 Å². The highest BCUT2D eigenvalue weighted by atomic mass is 127. The first-order valence-corrected chi connectivity index (χ1v) is 2.90. The highest BCUT2D eigenvalue weighted by Gasteiger charge is 2.14. The van der Waals surface area contributed by atoms with Crippen LogP contribution >= 0.6 is 39.3 Å². The Bertz CT molecular complexity index is 98.6. The maximum atomic E-state index is 10.0. The standard InChI is InChI=1S/C2BrIO4/c3-7-1(5)2(6)8-4. The van der Waals surface area contributed by atoms with Crippen LogP contribution in [0.4, 0.5) is 0 Å². The van der Waals surface area contributed by atoms with Gasteiger partial charge >= 0.3 is 11.9 Å². The van der Waals surface area contributed by atoms with E-state index in [9.17, 15) is 9.59 Å². The summed E-state index contributed by atoms with van der Waals surface area (Å²) < 4.78 is 7.73. The molecule has 0 aromatic rings. The van der Waals surface area contributed by atoms with Gasteiger partial charge in [0.1, 0.15) is 0 Å². The predicted octanol–water partition coefficient (Wildman–Crippen LogP) is 0.733. The molecule has 0 aromatic carbocycles. The van der Waals surface area contributed by atoms with E-state index < -0.39 is 11.9 Å². The number of hydrogen-bond donors (Lipinski definition) is 0. The first-order chi connectivity index (χ1) is 3.72. The van der Waals surface area contributed by atoms with Crippen molar-refractivity contribution < 1.29 is 16.5 Å². The van der Waals surface area contributed by atoms with Gasteiger partial charge in [-0.3, -0.25) is 0 Å². The van der Waals surface area contributed by atoms with E-state index in [1.165, 1.54) is 23.0 Å². The van der Waals surface area contributed by atoms with Gasteiger partial charge in [-0.15, -0.1) is 0 Å². The maximum Gasteiger partial charge on any atom is 0.429 e. The molecule has 0 aliphatic carbocycles. The fraction of sp³-hybridized carbons (Fsp3) is 0. The SMILES string of the molecule is O=C(OBr)C(=O)OI. The Kier molecular flexibility index (Phi) is 4.15. The minimum Gasteiger partial charge on any atom is -0.386 e. The molecule has 6 heteroatoms. The van der Waals surface area contributed by atoms with Gasteiger partial charge in [0.05, 0.1) is 0 Å². The second-order valence-corrected chi connectivity index (χ2v) is 1.49. The smallest absolute Gasteiger partial charge is 0.386 e. The Balaban J connectivity index is 3.64. The fourth-order valence-corrected chi connectivity index (χ4v) is 0.375. The maximum absolute atomic E-state index is 10.0. The lowest BCUT2D eigenvalue weighted by Gasteiger charge is -1.87. The van der Waals surface area contributed by atoms with Crippen LogP contribution in [0.25, 0.3) is 0 Å². The van der Waals surface area contributed by atoms with Gasteiger partial charge in [0.2, 0.25) is 0 Å². The topological polar surface area (TPSA) is 52.6 Å². The monoisotopic (exact) mass is 294 g/mol. The molecule has 0 spiro atoms. The summed E-state index contributed by atoms with van der Waals surface area (Å²) in [5.41, 5.74) is 0. The molecule has 0 aliphatic rings. The summed E-state index contributed by atoms with van der Waals surface area (Å²) in [5.74, 6) is -2.11. The highest BCUT2D eigenvalue weighted by Crippen LogP contribution is 1.93. The lowest BCUT2D eigenvalue weighted by atomic mass is 10.7. The predicted molar refractivity (Wildman–Crippen MR) is 35.1 cm³/mol. The van der Waals surface area contributed by atoms with E-state index in [2.05, 4.69) is 23.2 Å². The zero-order valence-electron chi connectivity index (χ0n) is 3.39. The van der Waals surface area contributed by atoms with Crippen LogP contribution in [-0.2, 0) is 16.5 Å². The molecule has 0 heterocycles. The fourth-order valence-electron chi connectivity index (χ4n) is 0.0630. The number of rotatable bonds is 0. The van der Waals surface area contributed by atoms with Crippen LogP contribution < -0.4 is 0 Å². The van der Waals surface area contributed by atoms with E-state index in [0.29, 0.717) is 0 Å². The van der Waals surface area contributed by atoms with E-state index in [4.69, 9.17) is 0 Å². The number of hydrogen-bond acceptors (Lipinski definition) is 4. The molecule has 0 radical (unpaired) electrons. The van der Waals surface area contributed by atoms with Gasteiger partial charge in [-0.1, -0.05) is 0 Å². The number of halogens is 2. The lowest BCUT2D eigenvalue weighted by Crippen LogP contribution is -2.12. The summed E-state index contributed by atoms with van der Waals surface area (Å²) in [6.45, 7) is 0. The highest BCUT2D eigenvalue weighted by molar-refractivity contribution is 14.1. The van der Waals surface area contributed by atoms with E-state index in [-0.39, 0.29) is 0 Å². The quantitative estimate of drug-likeness (QED) is 0.488. The van der Waals surface area contributed by atoms with Crippen molar-refractivity contribution in [2.24, 2.45) is 0 Å². The summed E-state index contributed by atoms with van der Waals surface area (Å²) in [5, 5.41) is 0. The summed E-state index contributed by atoms with van der Waals surface area (Å²) >= 11 is 3.58. The molecule has 0 aliphatic heterocycles. The molecule has 0 unspecified atom stereocenters. The van der Waals surface area contributed by atoms with Crippen molar-refractivity contribution in [3.8, 4) is 0 Å². The second kappa shape index (κ2) is 4.07. The van der Waals surface area contributed by atoms with E-state index in [1.54, 1.807) is 0 Å². The van der Waals surface area contributed by atoms with Gasteiger partial charge in [0.25, 0.3) is 0 Å². The summed E-state index contributed by atoms with van der Waals surface area (Å²) in [6.07, 6.45) is 0. The van der Waals surface area contributed by atoms with Crippen LogP contribution in [-0.4, -0.2) is 11.9 Å². The summed E-state index contributed by atoms with van der Waals surface area (Å²) in [6, 6.07) is 0. The van der Waals surface area contributed by atoms with Crippen LogP contribution in [0.5, 0.6) is 0 Å². The molecular formula is C2BrIO4. The van der Waals surface area contributed by atoms with Crippen molar-refractivity contribution in [3.05, 3.63) is 0 Å². The Morgan fingerprint density at radius 1 is 1.38 bits per heavy atom. The molecule has 8 heavy (non-hydrogen) atoms. The molecule has 0 saturated carbocycles. The first-order valence-electron chi connectivity index (χ1n) is 1.38. The third-order valence-corrected chi connectivity index (χ3v) is 1.00. The Labute approximate surface area is 67.7 Å². The molecule has 0 atom stereocenters. The zero-order valence-corrected chi connectivity index (χ0v) is 7.13. The van der Waals surface area contributed by atoms with Crippen LogP contribution in [0.15, 0.2) is 0 Å². The van der Waals surface area contributed by atoms with Crippen LogP contribution in [0, 0.1) is 0 Å². The molecular weight excluding hydrogens is 295 g/mol. The molecule has 0 amide bonds. The molecule has 0 aromatic heterocycles. The van der Waals surface area contributed by atoms with Gasteiger partial charge in [-0.2, -0.15) is 0 Å². The molecule has 4 nitrogen and oxygen atoms in total. The average molecular weight is 295 g/mol. The zero-order chi connectivity index (χ0) is 6.57. The lowest BCUT2D eigenvalue weighted by molar-refractivity contribution is -0.153. The van der Waals surface area contributed by atoms with Crippen molar-refractivity contribution >= 4 is 51.2 Å². The molecule has 46 valence electrons. The normalized spacial score (nSPS) is 7.75. The van der Waals surface area contributed by atoms with Gasteiger partial charge in [0, 0.05) is 0 Å². The van der Waals surface area contributed by atoms with Gasteiger partial charge in [-0.25, -0.2) is 9.59 Å². The molecule has 0 bridgehead atoms. The Hall–Kier alpha value is 0.150. The van der Waals surface area contributed by atoms with Gasteiger partial charge in [0.15, 0.2) is 39.3 Å². The third kappa shape index (κ3) is 2.46. The Morgan fingerprint density at radius 3 is 2.00 bits per heavy atom. The van der Waals surface area contributed by atoms with Crippen molar-refractivity contribution in [1.82, 2.24) is 0 Å². The van der Waals surface area contributed by atoms with E-state index in [1.807, 2.05) is 0 Å². The van der Waals surface area contributed by atoms with Gasteiger partial charge in [-0.05, 0) is 0 Å². The van der Waals surface area contributed by atoms with Crippen molar-refractivity contribution in [2.45, 2.75) is 0 Å². The third-order valence-electron chi connectivity index (χ3n) is 0.307. The van der Waals surface area contributed by atoms with Crippen molar-refractivity contribution in [1.29, 1.82) is 0 Å². The van der Waals surface area contributed by atoms with E-state index >= 15 is 0 Å². The number of carbonyl (C=O) groups excluding carboxylic acids is 2. The molecule has 0 saturated heterocycles. The van der Waals surface area contributed by atoms with Gasteiger partial charge < -0.3 is 6.89 Å². The average Bonchev–Trinajstić information content (AvgIpc) is 1.84. The second-order valence-electron chi connectivity index (χ2n) is 0.729. The minimum atomic E-state index is -1.07. The summed E-state index contributed by atoms with van der Waals surface area (Å²) in [4.78, 5) is 20.0. The largest absolute Gasteiger partial charge is 0.429 e. The van der Waals surface area contributed by atoms with Crippen molar-refractivity contribution in [2.75, 3.05) is 0 Å². The van der Waals surface area contributed by atoms with Crippen LogP contribution in [0.2, 0.25) is 0 Å². The molecule has 0 rings (SSSR count). The van der Waals surface area contributed by atoms with Crippen LogP contribution in [0.1, 0.15) is 0 Å². The van der Waals surface area contributed by atoms with Crippen LogP contribution in [0.3, 0.4) is 0 Å². The van der Waals surface area contributed by atoms with E-state index in [0.717, 1.165) is 0 Å². The Morgan fingerprint density at radius 2 is 1.88 bits per heavy atom. The molecule has 0 fully saturated rings. The first kappa shape index (κ1) is 8.15. The minimum absolute atomic E-state index is 1.04. The molecule has 0 N–H and O–H groups in total. The summed E-state index contributed by atoms with van der Waals surface area (Å²) in [7, 11) is 0. The number of carbonyl (C=O) groups is 2.